The van der Waals surface area contributed by atoms with Crippen LogP contribution in [0.2, 0.25) is 0 Å². The van der Waals surface area contributed by atoms with Crippen molar-refractivity contribution in [2.24, 2.45) is 0 Å². The Balaban J connectivity index is 2.81. The van der Waals surface area contributed by atoms with Crippen molar-refractivity contribution >= 4 is 6.29 Å². The van der Waals surface area contributed by atoms with E-state index in [0.29, 0.717) is 5.76 Å². The van der Waals surface area contributed by atoms with Gasteiger partial charge in [-0.3, -0.25) is 0 Å². The van der Waals surface area contributed by atoms with E-state index in [4.69, 9.17) is 4.52 Å². The summed E-state index contributed by atoms with van der Waals surface area (Å²) in [5, 5.41) is 3.70. The Bertz CT molecular complexity index is 242. The molecule has 1 unspecified atom stereocenters. The van der Waals surface area contributed by atoms with Gasteiger partial charge in [0, 0.05) is 6.07 Å². The van der Waals surface area contributed by atoms with E-state index in [-0.39, 0.29) is 5.92 Å². The zero-order chi connectivity index (χ0) is 8.27. The third-order valence-corrected chi connectivity index (χ3v) is 1.62. The Morgan fingerprint density at radius 1 is 1.82 bits per heavy atom. The van der Waals surface area contributed by atoms with Crippen LogP contribution in [0.4, 0.5) is 0 Å². The molecule has 0 spiro atoms. The summed E-state index contributed by atoms with van der Waals surface area (Å²) in [5.41, 5.74) is 0.820. The first kappa shape index (κ1) is 7.98. The molecule has 1 aromatic heterocycles. The number of hydrogen-bond acceptors (Lipinski definition) is 3. The van der Waals surface area contributed by atoms with E-state index in [9.17, 15) is 4.79 Å². The van der Waals surface area contributed by atoms with Crippen LogP contribution in [0, 0.1) is 6.92 Å². The predicted octanol–water partition coefficient (Wildman–Crippen LogP) is 1.68. The summed E-state index contributed by atoms with van der Waals surface area (Å²) in [5.74, 6) is 0.538. The van der Waals surface area contributed by atoms with Crippen LogP contribution in [-0.2, 0) is 4.79 Å². The summed E-state index contributed by atoms with van der Waals surface area (Å²) in [6, 6.07) is 1.79. The van der Waals surface area contributed by atoms with Gasteiger partial charge in [-0.15, -0.1) is 0 Å². The molecule has 3 nitrogen and oxygen atoms in total. The smallest absolute Gasteiger partial charge is 0.147 e. The molecule has 1 rings (SSSR count). The molecule has 0 amide bonds. The fourth-order valence-corrected chi connectivity index (χ4v) is 0.922. The second-order valence-electron chi connectivity index (χ2n) is 2.52. The molecule has 0 aliphatic carbocycles. The Kier molecular flexibility index (Phi) is 2.41. The summed E-state index contributed by atoms with van der Waals surface area (Å²) < 4.78 is 4.93. The lowest BCUT2D eigenvalue weighted by molar-refractivity contribution is -0.109. The molecular formula is C8H11NO2. The molecule has 0 aliphatic heterocycles. The number of carbonyl (C=O) groups is 1. The normalized spacial score (nSPS) is 12.9. The van der Waals surface area contributed by atoms with Crippen LogP contribution in [0.5, 0.6) is 0 Å². The zero-order valence-corrected chi connectivity index (χ0v) is 6.70. The molecule has 1 atom stereocenters. The van der Waals surface area contributed by atoms with Crippen molar-refractivity contribution in [3.05, 3.63) is 17.5 Å². The number of rotatable bonds is 3. The van der Waals surface area contributed by atoms with Crippen LogP contribution in [0.15, 0.2) is 10.6 Å². The maximum Gasteiger partial charge on any atom is 0.147 e. The molecule has 0 N–H and O–H groups in total. The lowest BCUT2D eigenvalue weighted by Gasteiger charge is -1.98. The summed E-state index contributed by atoms with van der Waals surface area (Å²) in [7, 11) is 0. The molecule has 0 bridgehead atoms. The van der Waals surface area contributed by atoms with Crippen molar-refractivity contribution in [1.29, 1.82) is 0 Å². The second-order valence-corrected chi connectivity index (χ2v) is 2.52. The maximum absolute atomic E-state index is 10.5. The fourth-order valence-electron chi connectivity index (χ4n) is 0.922. The minimum atomic E-state index is -0.129. The number of aromatic nitrogens is 1. The highest BCUT2D eigenvalue weighted by atomic mass is 16.5. The van der Waals surface area contributed by atoms with E-state index in [1.54, 1.807) is 6.07 Å². The largest absolute Gasteiger partial charge is 0.360 e. The third kappa shape index (κ3) is 1.67. The minimum absolute atomic E-state index is 0.129. The van der Waals surface area contributed by atoms with Crippen LogP contribution in [0.1, 0.15) is 30.7 Å². The molecule has 60 valence electrons. The van der Waals surface area contributed by atoms with Crippen LogP contribution in [-0.4, -0.2) is 11.4 Å². The average molecular weight is 153 g/mol. The predicted molar refractivity (Wildman–Crippen MR) is 40.3 cm³/mol. The first-order valence-electron chi connectivity index (χ1n) is 3.66. The lowest BCUT2D eigenvalue weighted by atomic mass is 10.1. The number of nitrogens with zero attached hydrogens (tertiary/aromatic N) is 1. The van der Waals surface area contributed by atoms with Crippen molar-refractivity contribution in [1.82, 2.24) is 5.16 Å². The van der Waals surface area contributed by atoms with E-state index in [2.05, 4.69) is 5.16 Å². The molecule has 0 saturated carbocycles. The van der Waals surface area contributed by atoms with Gasteiger partial charge < -0.3 is 9.32 Å². The maximum atomic E-state index is 10.5. The third-order valence-electron chi connectivity index (χ3n) is 1.62. The van der Waals surface area contributed by atoms with E-state index >= 15 is 0 Å². The van der Waals surface area contributed by atoms with Crippen molar-refractivity contribution in [2.75, 3.05) is 0 Å². The molecule has 0 fully saturated rings. The summed E-state index contributed by atoms with van der Waals surface area (Å²) in [6.07, 6.45) is 1.65. The molecule has 11 heavy (non-hydrogen) atoms. The average Bonchev–Trinajstić information content (AvgIpc) is 2.39. The monoisotopic (exact) mass is 153 g/mol. The van der Waals surface area contributed by atoms with E-state index in [1.807, 2.05) is 13.8 Å². The van der Waals surface area contributed by atoms with Crippen LogP contribution < -0.4 is 0 Å². The SMILES string of the molecule is CCC(C=O)c1cc(C)no1. The van der Waals surface area contributed by atoms with Crippen molar-refractivity contribution in [2.45, 2.75) is 26.2 Å². The quantitative estimate of drug-likeness (QED) is 0.620. The van der Waals surface area contributed by atoms with E-state index < -0.39 is 0 Å². The second kappa shape index (κ2) is 3.32. The van der Waals surface area contributed by atoms with Gasteiger partial charge in [0.05, 0.1) is 11.6 Å². The highest BCUT2D eigenvalue weighted by molar-refractivity contribution is 5.60. The van der Waals surface area contributed by atoms with Gasteiger partial charge in [-0.1, -0.05) is 12.1 Å². The first-order chi connectivity index (χ1) is 5.27. The number of carbonyl (C=O) groups excluding carboxylic acids is 1. The first-order valence-corrected chi connectivity index (χ1v) is 3.66. The van der Waals surface area contributed by atoms with Crippen LogP contribution >= 0.6 is 0 Å². The fraction of sp³-hybridized carbons (Fsp3) is 0.500. The molecule has 0 aromatic carbocycles. The molecule has 0 aliphatic rings. The highest BCUT2D eigenvalue weighted by Crippen LogP contribution is 2.17. The molecule has 0 radical (unpaired) electrons. The Morgan fingerprint density at radius 2 is 2.55 bits per heavy atom. The van der Waals surface area contributed by atoms with E-state index in [0.717, 1.165) is 18.4 Å². The van der Waals surface area contributed by atoms with Gasteiger partial charge in [0.1, 0.15) is 12.0 Å². The van der Waals surface area contributed by atoms with E-state index in [1.165, 1.54) is 0 Å². The standard InChI is InChI=1S/C8H11NO2/c1-3-7(5-10)8-4-6(2)9-11-8/h4-5,7H,3H2,1-2H3. The molecule has 1 aromatic rings. The summed E-state index contributed by atoms with van der Waals surface area (Å²) in [6.45, 7) is 3.78. The zero-order valence-electron chi connectivity index (χ0n) is 6.70. The number of aldehydes is 1. The topological polar surface area (TPSA) is 43.1 Å². The van der Waals surface area contributed by atoms with Crippen molar-refractivity contribution < 1.29 is 9.32 Å². The van der Waals surface area contributed by atoms with Crippen molar-refractivity contribution in [3.63, 3.8) is 0 Å². The van der Waals surface area contributed by atoms with Gasteiger partial charge in [-0.2, -0.15) is 0 Å². The Labute approximate surface area is 65.4 Å². The van der Waals surface area contributed by atoms with Gasteiger partial charge >= 0.3 is 0 Å². The van der Waals surface area contributed by atoms with Gasteiger partial charge in [-0.25, -0.2) is 0 Å². The Morgan fingerprint density at radius 3 is 2.91 bits per heavy atom. The molecule has 0 saturated heterocycles. The van der Waals surface area contributed by atoms with Gasteiger partial charge in [0.15, 0.2) is 0 Å². The minimum Gasteiger partial charge on any atom is -0.360 e. The van der Waals surface area contributed by atoms with Crippen LogP contribution in [0.3, 0.4) is 0 Å². The van der Waals surface area contributed by atoms with Crippen molar-refractivity contribution in [3.8, 4) is 0 Å². The van der Waals surface area contributed by atoms with Gasteiger partial charge in [0.2, 0.25) is 0 Å². The lowest BCUT2D eigenvalue weighted by Crippen LogP contribution is -1.95. The molecule has 3 heteroatoms. The number of aryl methyl sites for hydroxylation is 1. The van der Waals surface area contributed by atoms with Gasteiger partial charge in [0.25, 0.3) is 0 Å². The summed E-state index contributed by atoms with van der Waals surface area (Å²) >= 11 is 0. The number of hydrogen-bond donors (Lipinski definition) is 0. The van der Waals surface area contributed by atoms with Crippen LogP contribution in [0.25, 0.3) is 0 Å². The highest BCUT2D eigenvalue weighted by Gasteiger charge is 2.12. The Hall–Kier alpha value is -1.12. The summed E-state index contributed by atoms with van der Waals surface area (Å²) in [4.78, 5) is 10.5. The molecular weight excluding hydrogens is 142 g/mol. The van der Waals surface area contributed by atoms with Gasteiger partial charge in [-0.05, 0) is 13.3 Å². The molecule has 1 heterocycles.